The highest BCUT2D eigenvalue weighted by molar-refractivity contribution is 5.80. The molecule has 1 heterocycles. The Kier molecular flexibility index (Phi) is 11.1. The van der Waals surface area contributed by atoms with Crippen LogP contribution in [0.25, 0.3) is 0 Å². The van der Waals surface area contributed by atoms with Gasteiger partial charge in [-0.1, -0.05) is 51.9 Å². The normalized spacial score (nSPS) is 19.5. The van der Waals surface area contributed by atoms with E-state index in [4.69, 9.17) is 4.74 Å². The first-order valence-electron chi connectivity index (χ1n) is 9.89. The average Bonchev–Trinajstić information content (AvgIpc) is 2.96. The first-order chi connectivity index (χ1) is 12.5. The van der Waals surface area contributed by atoms with Crippen LogP contribution in [0.3, 0.4) is 0 Å². The number of nitrogens with zero attached hydrogens (tertiary/aromatic N) is 2. The molecular weight excluding hydrogens is 336 g/mol. The number of aliphatic carboxylic acids is 2. The highest BCUT2D eigenvalue weighted by atomic mass is 16.5. The molecule has 1 aliphatic rings. The van der Waals surface area contributed by atoms with Gasteiger partial charge in [0, 0.05) is 6.42 Å². The number of aliphatic imine (C=N–C) groups is 1. The van der Waals surface area contributed by atoms with E-state index < -0.39 is 18.5 Å². The number of carboxylic acids is 2. The largest absolute Gasteiger partial charge is 0.548 e. The van der Waals surface area contributed by atoms with E-state index in [9.17, 15) is 19.8 Å². The molecule has 7 nitrogen and oxygen atoms in total. The van der Waals surface area contributed by atoms with Gasteiger partial charge in [-0.15, -0.1) is 0 Å². The summed E-state index contributed by atoms with van der Waals surface area (Å²) in [4.78, 5) is 26.3. The van der Waals surface area contributed by atoms with Crippen LogP contribution in [0.4, 0.5) is 0 Å². The number of ether oxygens (including phenoxy) is 1. The lowest BCUT2D eigenvalue weighted by Crippen LogP contribution is -2.55. The first-order valence-corrected chi connectivity index (χ1v) is 9.89. The summed E-state index contributed by atoms with van der Waals surface area (Å²) in [5, 5.41) is 19.7. The number of quaternary nitrogens is 1. The summed E-state index contributed by atoms with van der Waals surface area (Å²) in [6.07, 6.45) is 10.6. The van der Waals surface area contributed by atoms with E-state index in [-0.39, 0.29) is 13.2 Å². The second-order valence-electron chi connectivity index (χ2n) is 7.09. The Labute approximate surface area is 156 Å². The smallest absolute Gasteiger partial charge is 0.359 e. The predicted molar refractivity (Wildman–Crippen MR) is 97.9 cm³/mol. The highest BCUT2D eigenvalue weighted by Crippen LogP contribution is 2.20. The van der Waals surface area contributed by atoms with Gasteiger partial charge in [0.05, 0.1) is 25.7 Å². The molecule has 1 aliphatic heterocycles. The molecule has 0 amide bonds. The topological polar surface area (TPSA) is 99.0 Å². The minimum Gasteiger partial charge on any atom is -0.548 e. The number of carbonyl (C=O) groups excluding carboxylic acids is 1. The molecule has 0 aliphatic carbocycles. The highest BCUT2D eigenvalue weighted by Gasteiger charge is 2.39. The van der Waals surface area contributed by atoms with Gasteiger partial charge in [0.1, 0.15) is 13.1 Å². The average molecular weight is 370 g/mol. The van der Waals surface area contributed by atoms with Gasteiger partial charge < -0.3 is 19.7 Å². The molecule has 1 unspecified atom stereocenters. The fraction of sp³-hybridized carbons (Fsp3) is 0.842. The minimum atomic E-state index is -1.26. The second-order valence-corrected chi connectivity index (χ2v) is 7.09. The number of hydrogen-bond acceptors (Lipinski definition) is 5. The van der Waals surface area contributed by atoms with Crippen LogP contribution in [0.15, 0.2) is 4.99 Å². The van der Waals surface area contributed by atoms with Crippen LogP contribution in [0.2, 0.25) is 0 Å². The third kappa shape index (κ3) is 8.76. The summed E-state index contributed by atoms with van der Waals surface area (Å²) in [6, 6.07) is 0. The van der Waals surface area contributed by atoms with Crippen molar-refractivity contribution in [2.45, 2.75) is 64.7 Å². The second kappa shape index (κ2) is 12.8. The number of hydrogen-bond donors (Lipinski definition) is 1. The summed E-state index contributed by atoms with van der Waals surface area (Å²) in [6.45, 7) is 3.64. The molecule has 0 aromatic rings. The van der Waals surface area contributed by atoms with E-state index in [0.717, 1.165) is 25.1 Å². The SMILES string of the molecule is CCCCCCCCCCC1=NCC[N+]1(CCOCC(=O)[O-])CC(=O)O. The maximum atomic E-state index is 11.3. The summed E-state index contributed by atoms with van der Waals surface area (Å²) >= 11 is 0. The zero-order valence-corrected chi connectivity index (χ0v) is 16.1. The summed E-state index contributed by atoms with van der Waals surface area (Å²) in [5.74, 6) is -1.20. The van der Waals surface area contributed by atoms with Gasteiger partial charge in [0.25, 0.3) is 0 Å². The van der Waals surface area contributed by atoms with Crippen LogP contribution < -0.4 is 5.11 Å². The maximum absolute atomic E-state index is 11.3. The van der Waals surface area contributed by atoms with Gasteiger partial charge in [-0.3, -0.25) is 4.48 Å². The number of rotatable bonds is 16. The predicted octanol–water partition coefficient (Wildman–Crippen LogP) is 1.60. The molecule has 150 valence electrons. The number of unbranched alkanes of at least 4 members (excludes halogenated alkanes) is 7. The lowest BCUT2D eigenvalue weighted by molar-refractivity contribution is -0.829. The van der Waals surface area contributed by atoms with Crippen LogP contribution >= 0.6 is 0 Å². The van der Waals surface area contributed by atoms with Gasteiger partial charge in [-0.25, -0.2) is 9.79 Å². The van der Waals surface area contributed by atoms with Crippen molar-refractivity contribution in [3.05, 3.63) is 0 Å². The van der Waals surface area contributed by atoms with Gasteiger partial charge in [-0.05, 0) is 6.42 Å². The molecule has 1 N–H and O–H groups in total. The maximum Gasteiger partial charge on any atom is 0.359 e. The molecule has 7 heteroatoms. The molecule has 0 aromatic carbocycles. The zero-order chi connectivity index (χ0) is 19.3. The van der Waals surface area contributed by atoms with Crippen LogP contribution in [0.5, 0.6) is 0 Å². The van der Waals surface area contributed by atoms with E-state index >= 15 is 0 Å². The summed E-state index contributed by atoms with van der Waals surface area (Å²) in [5.41, 5.74) is 0. The number of carboxylic acid groups (broad SMARTS) is 2. The molecule has 0 spiro atoms. The quantitative estimate of drug-likeness (QED) is 0.329. The van der Waals surface area contributed by atoms with Gasteiger partial charge in [0.15, 0.2) is 12.4 Å². The molecule has 1 rings (SSSR count). The van der Waals surface area contributed by atoms with Crippen LogP contribution in [0, 0.1) is 0 Å². The van der Waals surface area contributed by atoms with Crippen molar-refractivity contribution >= 4 is 17.8 Å². The van der Waals surface area contributed by atoms with Crippen LogP contribution in [-0.2, 0) is 14.3 Å². The molecule has 0 saturated heterocycles. The van der Waals surface area contributed by atoms with Gasteiger partial charge >= 0.3 is 5.97 Å². The standard InChI is InChI=1S/C19H34N2O5/c1-2-3-4-5-6-7-8-9-10-17-20-11-12-21(17,15-18(22)23)13-14-26-16-19(24)25/h2-16H2,1H3,(H-,22,23,24,25). The van der Waals surface area contributed by atoms with Crippen molar-refractivity contribution < 1.29 is 29.0 Å². The molecule has 0 bridgehead atoms. The lowest BCUT2D eigenvalue weighted by atomic mass is 10.1. The Morgan fingerprint density at radius 2 is 1.81 bits per heavy atom. The van der Waals surface area contributed by atoms with Crippen LogP contribution in [0.1, 0.15) is 64.7 Å². The lowest BCUT2D eigenvalue weighted by Gasteiger charge is -2.33. The third-order valence-electron chi connectivity index (χ3n) is 4.95. The molecule has 26 heavy (non-hydrogen) atoms. The molecule has 0 saturated carbocycles. The van der Waals surface area contributed by atoms with Crippen molar-refractivity contribution in [3.8, 4) is 0 Å². The molecule has 0 fully saturated rings. The fourth-order valence-electron chi connectivity index (χ4n) is 3.53. The molecule has 0 radical (unpaired) electrons. The Morgan fingerprint density at radius 1 is 1.15 bits per heavy atom. The molecule has 1 atom stereocenters. The summed E-state index contributed by atoms with van der Waals surface area (Å²) < 4.78 is 5.37. The Balaban J connectivity index is 2.39. The monoisotopic (exact) mass is 370 g/mol. The van der Waals surface area contributed by atoms with Crippen molar-refractivity contribution in [1.29, 1.82) is 0 Å². The van der Waals surface area contributed by atoms with E-state index in [0.29, 0.717) is 24.1 Å². The van der Waals surface area contributed by atoms with Crippen molar-refractivity contribution in [2.24, 2.45) is 4.99 Å². The Morgan fingerprint density at radius 3 is 2.42 bits per heavy atom. The minimum absolute atomic E-state index is 0.0233. The van der Waals surface area contributed by atoms with E-state index in [2.05, 4.69) is 11.9 Å². The Hall–Kier alpha value is -1.47. The molecular formula is C19H34N2O5. The van der Waals surface area contributed by atoms with Crippen molar-refractivity contribution in [1.82, 2.24) is 0 Å². The molecule has 0 aromatic heterocycles. The number of carbonyl (C=O) groups is 2. The van der Waals surface area contributed by atoms with Gasteiger partial charge in [0.2, 0.25) is 0 Å². The number of amidine groups is 1. The van der Waals surface area contributed by atoms with Crippen molar-refractivity contribution in [3.63, 3.8) is 0 Å². The van der Waals surface area contributed by atoms with E-state index in [1.54, 1.807) is 0 Å². The zero-order valence-electron chi connectivity index (χ0n) is 16.1. The van der Waals surface area contributed by atoms with E-state index in [1.807, 2.05) is 0 Å². The van der Waals surface area contributed by atoms with Crippen LogP contribution in [-0.4, -0.2) is 66.8 Å². The fourth-order valence-corrected chi connectivity index (χ4v) is 3.53. The first kappa shape index (κ1) is 22.6. The van der Waals surface area contributed by atoms with Crippen molar-refractivity contribution in [2.75, 3.05) is 39.4 Å². The third-order valence-corrected chi connectivity index (χ3v) is 4.95. The summed E-state index contributed by atoms with van der Waals surface area (Å²) in [7, 11) is 0. The van der Waals surface area contributed by atoms with Gasteiger partial charge in [-0.2, -0.15) is 0 Å². The Bertz CT molecular complexity index is 467. The van der Waals surface area contributed by atoms with E-state index in [1.165, 1.54) is 38.5 Å².